The SMILES string of the molecule is NC(=O)O.[S-2].[Zn+2]. The van der Waals surface area contributed by atoms with E-state index in [2.05, 4.69) is 5.73 Å². The largest absolute Gasteiger partial charge is 2.00 e. The Labute approximate surface area is 55.1 Å². The van der Waals surface area contributed by atoms with Gasteiger partial charge in [0.1, 0.15) is 0 Å². The smallest absolute Gasteiger partial charge is 2.00 e. The number of primary amides is 1. The number of rotatable bonds is 0. The minimum Gasteiger partial charge on any atom is -2.00 e. The Morgan fingerprint density at radius 2 is 1.67 bits per heavy atom. The van der Waals surface area contributed by atoms with Gasteiger partial charge < -0.3 is 24.3 Å². The fourth-order valence-electron chi connectivity index (χ4n) is 0. The molecule has 3 nitrogen and oxygen atoms in total. The van der Waals surface area contributed by atoms with Crippen LogP contribution in [0.3, 0.4) is 0 Å². The van der Waals surface area contributed by atoms with E-state index >= 15 is 0 Å². The van der Waals surface area contributed by atoms with Crippen molar-refractivity contribution in [1.82, 2.24) is 0 Å². The van der Waals surface area contributed by atoms with Gasteiger partial charge in [-0.1, -0.05) is 0 Å². The standard InChI is InChI=1S/CH3NO2.S.Zn/c2-1(3)4;;/h2H2,(H,3,4);;/q;-2;+2. The Bertz CT molecular complexity index is 36.5. The van der Waals surface area contributed by atoms with Crippen LogP contribution in [-0.2, 0) is 33.0 Å². The summed E-state index contributed by atoms with van der Waals surface area (Å²) in [5.41, 5.74) is 4.03. The number of hydrogen-bond acceptors (Lipinski definition) is 1. The van der Waals surface area contributed by atoms with Crippen molar-refractivity contribution >= 4 is 19.6 Å². The van der Waals surface area contributed by atoms with Crippen molar-refractivity contribution in [3.8, 4) is 0 Å². The van der Waals surface area contributed by atoms with E-state index in [1.807, 2.05) is 0 Å². The van der Waals surface area contributed by atoms with E-state index in [1.165, 1.54) is 0 Å². The van der Waals surface area contributed by atoms with Gasteiger partial charge in [-0.3, -0.25) is 0 Å². The third-order valence-corrected chi connectivity index (χ3v) is 0. The zero-order valence-electron chi connectivity index (χ0n) is 3.05. The molecule has 0 fully saturated rings. The topological polar surface area (TPSA) is 63.3 Å². The molecular weight excluding hydrogens is 155 g/mol. The van der Waals surface area contributed by atoms with E-state index in [4.69, 9.17) is 9.90 Å². The summed E-state index contributed by atoms with van der Waals surface area (Å²) in [7, 11) is 0. The molecule has 0 aromatic heterocycles. The Morgan fingerprint density at radius 3 is 1.67 bits per heavy atom. The zero-order valence-corrected chi connectivity index (χ0v) is 6.83. The van der Waals surface area contributed by atoms with Gasteiger partial charge in [-0.25, -0.2) is 4.79 Å². The third kappa shape index (κ3) is 754. The molecule has 0 aliphatic rings. The summed E-state index contributed by atoms with van der Waals surface area (Å²) < 4.78 is 0. The summed E-state index contributed by atoms with van der Waals surface area (Å²) in [6, 6.07) is 0. The normalized spacial score (nSPS) is 4.00. The van der Waals surface area contributed by atoms with Crippen LogP contribution in [0.15, 0.2) is 0 Å². The van der Waals surface area contributed by atoms with Crippen molar-refractivity contribution in [2.75, 3.05) is 0 Å². The Hall–Kier alpha value is 0.243. The molecule has 0 heterocycles. The van der Waals surface area contributed by atoms with Crippen LogP contribution in [0.1, 0.15) is 0 Å². The molecule has 0 spiro atoms. The minimum atomic E-state index is -1.33. The Kier molecular flexibility index (Phi) is 24.4. The quantitative estimate of drug-likeness (QED) is 0.472. The average molecular weight is 158 g/mol. The van der Waals surface area contributed by atoms with Crippen molar-refractivity contribution in [1.29, 1.82) is 0 Å². The van der Waals surface area contributed by atoms with E-state index in [0.717, 1.165) is 0 Å². The van der Waals surface area contributed by atoms with Crippen LogP contribution >= 0.6 is 0 Å². The molecule has 3 N–H and O–H groups in total. The maximum absolute atomic E-state index is 8.78. The number of hydrogen-bond donors (Lipinski definition) is 2. The maximum atomic E-state index is 8.78. The molecule has 0 aliphatic carbocycles. The van der Waals surface area contributed by atoms with Gasteiger partial charge in [-0.05, 0) is 0 Å². The minimum absolute atomic E-state index is 0. The monoisotopic (exact) mass is 157 g/mol. The van der Waals surface area contributed by atoms with E-state index < -0.39 is 6.09 Å². The summed E-state index contributed by atoms with van der Waals surface area (Å²) in [4.78, 5) is 8.78. The first-order valence-corrected chi connectivity index (χ1v) is 0.716. The molecule has 0 aliphatic heterocycles. The first kappa shape index (κ1) is 16.3. The number of carboxylic acid groups (broad SMARTS) is 1. The van der Waals surface area contributed by atoms with Crippen molar-refractivity contribution in [3.05, 3.63) is 0 Å². The molecule has 0 bridgehead atoms. The van der Waals surface area contributed by atoms with Gasteiger partial charge in [0.2, 0.25) is 0 Å². The fourth-order valence-corrected chi connectivity index (χ4v) is 0. The second-order valence-corrected chi connectivity index (χ2v) is 0.338. The third-order valence-electron chi connectivity index (χ3n) is 0. The summed E-state index contributed by atoms with van der Waals surface area (Å²) in [5, 5.41) is 7.19. The van der Waals surface area contributed by atoms with Gasteiger partial charge in [-0.2, -0.15) is 0 Å². The van der Waals surface area contributed by atoms with Crippen molar-refractivity contribution in [2.45, 2.75) is 0 Å². The first-order valence-electron chi connectivity index (χ1n) is 0.716. The molecule has 0 saturated carbocycles. The molecule has 0 saturated heterocycles. The van der Waals surface area contributed by atoms with Crippen LogP contribution in [0.25, 0.3) is 0 Å². The van der Waals surface area contributed by atoms with Gasteiger partial charge in [0.05, 0.1) is 0 Å². The number of nitrogens with two attached hydrogens (primary N) is 1. The Balaban J connectivity index is -0.0000000450. The average Bonchev–Trinajstić information content (AvgIpc) is 0.811. The van der Waals surface area contributed by atoms with Crippen molar-refractivity contribution < 1.29 is 29.4 Å². The second kappa shape index (κ2) is 8.98. The summed E-state index contributed by atoms with van der Waals surface area (Å²) in [6.07, 6.45) is -1.33. The van der Waals surface area contributed by atoms with Crippen LogP contribution in [-0.4, -0.2) is 11.2 Å². The summed E-state index contributed by atoms with van der Waals surface area (Å²) in [5.74, 6) is 0. The summed E-state index contributed by atoms with van der Waals surface area (Å²) >= 11 is 0. The molecule has 0 atom stereocenters. The molecule has 0 rings (SSSR count). The van der Waals surface area contributed by atoms with E-state index in [1.54, 1.807) is 0 Å². The van der Waals surface area contributed by atoms with Crippen molar-refractivity contribution in [2.24, 2.45) is 5.73 Å². The fraction of sp³-hybridized carbons (Fsp3) is 0. The zero-order chi connectivity index (χ0) is 3.58. The van der Waals surface area contributed by atoms with Crippen LogP contribution in [0.2, 0.25) is 0 Å². The molecule has 1 amide bonds. The van der Waals surface area contributed by atoms with E-state index in [9.17, 15) is 0 Å². The van der Waals surface area contributed by atoms with Crippen LogP contribution in [0.5, 0.6) is 0 Å². The van der Waals surface area contributed by atoms with Crippen LogP contribution in [0.4, 0.5) is 4.79 Å². The van der Waals surface area contributed by atoms with Gasteiger partial charge in [0.15, 0.2) is 0 Å². The molecule has 32 valence electrons. The Morgan fingerprint density at radius 1 is 1.67 bits per heavy atom. The number of carbonyl (C=O) groups is 1. The molecular formula is CH3NO2SZn. The van der Waals surface area contributed by atoms with E-state index in [0.29, 0.717) is 0 Å². The summed E-state index contributed by atoms with van der Waals surface area (Å²) in [6.45, 7) is 0. The van der Waals surface area contributed by atoms with Gasteiger partial charge in [0.25, 0.3) is 0 Å². The molecule has 0 unspecified atom stereocenters. The molecule has 0 radical (unpaired) electrons. The molecule has 0 aromatic carbocycles. The van der Waals surface area contributed by atoms with Gasteiger partial charge in [0, 0.05) is 0 Å². The molecule has 6 heavy (non-hydrogen) atoms. The van der Waals surface area contributed by atoms with Gasteiger partial charge >= 0.3 is 25.6 Å². The second-order valence-electron chi connectivity index (χ2n) is 0.338. The predicted molar refractivity (Wildman–Crippen MR) is 19.6 cm³/mol. The first-order chi connectivity index (χ1) is 1.73. The van der Waals surface area contributed by atoms with Crippen LogP contribution in [0, 0.1) is 0 Å². The molecule has 0 aromatic rings. The molecule has 5 heteroatoms. The van der Waals surface area contributed by atoms with Crippen LogP contribution < -0.4 is 5.73 Å². The number of amides is 1. The van der Waals surface area contributed by atoms with E-state index in [-0.39, 0.29) is 33.0 Å². The van der Waals surface area contributed by atoms with Gasteiger partial charge in [-0.15, -0.1) is 0 Å². The predicted octanol–water partition coefficient (Wildman–Crippen LogP) is -0.382. The van der Waals surface area contributed by atoms with Crippen molar-refractivity contribution in [3.63, 3.8) is 0 Å². The maximum Gasteiger partial charge on any atom is 2.00 e.